The first-order chi connectivity index (χ1) is 18.0. The molecule has 0 saturated heterocycles. The van der Waals surface area contributed by atoms with Crippen LogP contribution in [0.4, 0.5) is 0 Å². The number of amides is 2. The molecule has 1 atom stereocenters. The van der Waals surface area contributed by atoms with Crippen LogP contribution in [0.25, 0.3) is 27.8 Å². The summed E-state index contributed by atoms with van der Waals surface area (Å²) in [6.07, 6.45) is 3.41. The molecular formula is C29H23N5O3. The summed E-state index contributed by atoms with van der Waals surface area (Å²) >= 11 is 0. The van der Waals surface area contributed by atoms with E-state index in [1.807, 2.05) is 78.9 Å². The van der Waals surface area contributed by atoms with Crippen molar-refractivity contribution < 1.29 is 14.4 Å². The maximum Gasteiger partial charge on any atom is 0.287 e. The number of pyridine rings is 1. The topological polar surface area (TPSA) is 120 Å². The minimum Gasteiger partial charge on any atom is -0.363 e. The predicted molar refractivity (Wildman–Crippen MR) is 140 cm³/mol. The van der Waals surface area contributed by atoms with Crippen LogP contribution in [0.1, 0.15) is 15.9 Å². The fourth-order valence-corrected chi connectivity index (χ4v) is 4.26. The number of hydrogen-bond donors (Lipinski definition) is 2. The molecule has 5 aromatic rings. The average Bonchev–Trinajstić information content (AvgIpc) is 3.42. The Balaban J connectivity index is 1.45. The normalized spacial score (nSPS) is 11.7. The number of benzene rings is 3. The zero-order chi connectivity index (χ0) is 25.8. The van der Waals surface area contributed by atoms with Gasteiger partial charge in [-0.15, -0.1) is 0 Å². The number of fused-ring (bicyclic) bond motifs is 1. The lowest BCUT2D eigenvalue weighted by Gasteiger charge is -2.17. The lowest BCUT2D eigenvalue weighted by atomic mass is 10.0. The highest BCUT2D eigenvalue weighted by atomic mass is 16.2. The summed E-state index contributed by atoms with van der Waals surface area (Å²) in [4.78, 5) is 41.9. The molecule has 0 fully saturated rings. The second-order valence-corrected chi connectivity index (χ2v) is 8.49. The molecule has 0 aliphatic heterocycles. The summed E-state index contributed by atoms with van der Waals surface area (Å²) in [7, 11) is 0. The molecule has 0 saturated carbocycles. The van der Waals surface area contributed by atoms with Gasteiger partial charge in [-0.3, -0.25) is 14.4 Å². The summed E-state index contributed by atoms with van der Waals surface area (Å²) in [5.74, 6) is -2.27. The molecule has 3 N–H and O–H groups in total. The van der Waals surface area contributed by atoms with E-state index in [4.69, 9.17) is 5.73 Å². The highest BCUT2D eigenvalue weighted by Gasteiger charge is 2.27. The van der Waals surface area contributed by atoms with E-state index in [1.165, 1.54) is 4.68 Å². The van der Waals surface area contributed by atoms with Crippen molar-refractivity contribution >= 4 is 28.4 Å². The Labute approximate surface area is 212 Å². The summed E-state index contributed by atoms with van der Waals surface area (Å²) in [5.41, 5.74) is 7.91. The van der Waals surface area contributed by atoms with Crippen LogP contribution in [-0.2, 0) is 16.0 Å². The highest BCUT2D eigenvalue weighted by molar-refractivity contribution is 6.38. The molecular weight excluding hydrogens is 466 g/mol. The van der Waals surface area contributed by atoms with Gasteiger partial charge in [-0.25, -0.2) is 9.67 Å². The lowest BCUT2D eigenvalue weighted by molar-refractivity contribution is -0.137. The van der Waals surface area contributed by atoms with Crippen molar-refractivity contribution in [3.63, 3.8) is 0 Å². The quantitative estimate of drug-likeness (QED) is 0.323. The Kier molecular flexibility index (Phi) is 6.54. The molecule has 182 valence electrons. The van der Waals surface area contributed by atoms with Crippen LogP contribution in [-0.4, -0.2) is 38.4 Å². The summed E-state index contributed by atoms with van der Waals surface area (Å²) in [6.45, 7) is 0. The van der Waals surface area contributed by atoms with E-state index in [0.29, 0.717) is 0 Å². The third-order valence-corrected chi connectivity index (χ3v) is 6.05. The molecule has 2 aromatic heterocycles. The van der Waals surface area contributed by atoms with Crippen LogP contribution in [0, 0.1) is 0 Å². The summed E-state index contributed by atoms with van der Waals surface area (Å²) in [6, 6.07) is 27.1. The van der Waals surface area contributed by atoms with Crippen LogP contribution >= 0.6 is 0 Å². The van der Waals surface area contributed by atoms with E-state index in [0.717, 1.165) is 27.6 Å². The van der Waals surface area contributed by atoms with E-state index in [9.17, 15) is 14.4 Å². The zero-order valence-electron chi connectivity index (χ0n) is 19.7. The van der Waals surface area contributed by atoms with Gasteiger partial charge in [0.05, 0.1) is 11.3 Å². The van der Waals surface area contributed by atoms with Crippen molar-refractivity contribution in [1.29, 1.82) is 0 Å². The Morgan fingerprint density at radius 2 is 1.62 bits per heavy atom. The van der Waals surface area contributed by atoms with E-state index < -0.39 is 23.6 Å². The monoisotopic (exact) mass is 489 g/mol. The van der Waals surface area contributed by atoms with Gasteiger partial charge in [0.25, 0.3) is 11.8 Å². The minimum absolute atomic E-state index is 0.122. The Morgan fingerprint density at radius 3 is 2.43 bits per heavy atom. The molecule has 2 heterocycles. The van der Waals surface area contributed by atoms with Gasteiger partial charge in [0.2, 0.25) is 5.78 Å². The molecule has 8 nitrogen and oxygen atoms in total. The van der Waals surface area contributed by atoms with Crippen LogP contribution in [0.5, 0.6) is 0 Å². The lowest BCUT2D eigenvalue weighted by Crippen LogP contribution is -2.47. The molecule has 37 heavy (non-hydrogen) atoms. The van der Waals surface area contributed by atoms with Crippen LogP contribution in [0.2, 0.25) is 0 Å². The zero-order valence-corrected chi connectivity index (χ0v) is 19.7. The largest absolute Gasteiger partial charge is 0.363 e. The molecule has 0 aliphatic carbocycles. The van der Waals surface area contributed by atoms with Crippen molar-refractivity contribution in [2.24, 2.45) is 5.73 Å². The maximum absolute atomic E-state index is 13.3. The summed E-state index contributed by atoms with van der Waals surface area (Å²) in [5, 5.41) is 9.50. The SMILES string of the molecule is NC(=O)C(=O)C(Cc1ccccc1)NC(=O)c1cccnc1-n1ccc(-c2cccc3ccccc23)n1. The third-order valence-electron chi connectivity index (χ3n) is 6.05. The number of nitrogens with zero attached hydrogens (tertiary/aromatic N) is 3. The molecule has 0 radical (unpaired) electrons. The first kappa shape index (κ1) is 23.6. The van der Waals surface area contributed by atoms with Crippen molar-refractivity contribution in [1.82, 2.24) is 20.1 Å². The highest BCUT2D eigenvalue weighted by Crippen LogP contribution is 2.28. The molecule has 2 amide bonds. The first-order valence-corrected chi connectivity index (χ1v) is 11.7. The van der Waals surface area contributed by atoms with E-state index in [1.54, 1.807) is 24.5 Å². The molecule has 3 aromatic carbocycles. The van der Waals surface area contributed by atoms with Crippen LogP contribution < -0.4 is 11.1 Å². The molecule has 0 bridgehead atoms. The molecule has 0 aliphatic rings. The smallest absolute Gasteiger partial charge is 0.287 e. The number of hydrogen-bond acceptors (Lipinski definition) is 5. The van der Waals surface area contributed by atoms with Gasteiger partial charge in [-0.05, 0) is 34.5 Å². The van der Waals surface area contributed by atoms with E-state index in [-0.39, 0.29) is 17.8 Å². The maximum atomic E-state index is 13.3. The van der Waals surface area contributed by atoms with Gasteiger partial charge >= 0.3 is 0 Å². The number of Topliss-reactive ketones (excluding diaryl/α,β-unsaturated/α-hetero) is 1. The van der Waals surface area contributed by atoms with Crippen molar-refractivity contribution in [3.8, 4) is 17.1 Å². The fraction of sp³-hybridized carbons (Fsp3) is 0.0690. The van der Waals surface area contributed by atoms with Crippen molar-refractivity contribution in [2.45, 2.75) is 12.5 Å². The molecule has 1 unspecified atom stereocenters. The fourth-order valence-electron chi connectivity index (χ4n) is 4.26. The van der Waals surface area contributed by atoms with Crippen LogP contribution in [0.15, 0.2) is 103 Å². The van der Waals surface area contributed by atoms with E-state index in [2.05, 4.69) is 15.4 Å². The van der Waals surface area contributed by atoms with Gasteiger partial charge in [-0.2, -0.15) is 5.10 Å². The van der Waals surface area contributed by atoms with Crippen molar-refractivity contribution in [2.75, 3.05) is 0 Å². The predicted octanol–water partition coefficient (Wildman–Crippen LogP) is 3.48. The van der Waals surface area contributed by atoms with Gasteiger partial charge in [0.1, 0.15) is 6.04 Å². The second-order valence-electron chi connectivity index (χ2n) is 8.49. The number of aromatic nitrogens is 3. The van der Waals surface area contributed by atoms with Gasteiger partial charge < -0.3 is 11.1 Å². The number of carbonyl (C=O) groups is 3. The number of carbonyl (C=O) groups excluding carboxylic acids is 3. The van der Waals surface area contributed by atoms with Gasteiger partial charge in [-0.1, -0.05) is 72.8 Å². The third kappa shape index (κ3) is 4.99. The molecule has 5 rings (SSSR count). The first-order valence-electron chi connectivity index (χ1n) is 11.7. The number of nitrogens with one attached hydrogen (secondary N) is 1. The standard InChI is InChI=1S/C29H23N5O3/c30-27(36)26(35)25(18-19-8-2-1-3-9-19)32-29(37)23-14-7-16-31-28(23)34-17-15-24(33-34)22-13-6-11-20-10-4-5-12-21(20)22/h1-17,25H,18H2,(H2,30,36)(H,32,37). The second kappa shape index (κ2) is 10.2. The van der Waals surface area contributed by atoms with Gasteiger partial charge in [0, 0.05) is 24.4 Å². The Morgan fingerprint density at radius 1 is 0.865 bits per heavy atom. The average molecular weight is 490 g/mol. The number of rotatable bonds is 8. The minimum atomic E-state index is -1.12. The Hall–Kier alpha value is -5.11. The van der Waals surface area contributed by atoms with Crippen LogP contribution in [0.3, 0.4) is 0 Å². The van der Waals surface area contributed by atoms with Gasteiger partial charge in [0.15, 0.2) is 5.82 Å². The number of ketones is 1. The molecule has 0 spiro atoms. The van der Waals surface area contributed by atoms with E-state index >= 15 is 0 Å². The summed E-state index contributed by atoms with van der Waals surface area (Å²) < 4.78 is 1.52. The Bertz CT molecular complexity index is 1610. The molecule has 8 heteroatoms. The van der Waals surface area contributed by atoms with Crippen molar-refractivity contribution in [3.05, 3.63) is 115 Å². The number of primary amides is 1. The number of nitrogens with two attached hydrogens (primary N) is 1.